The van der Waals surface area contributed by atoms with Crippen LogP contribution in [0.1, 0.15) is 143 Å². The van der Waals surface area contributed by atoms with E-state index in [4.69, 9.17) is 9.47 Å². The summed E-state index contributed by atoms with van der Waals surface area (Å²) in [5, 5.41) is 0. The number of aryl methyl sites for hydroxylation is 2. The van der Waals surface area contributed by atoms with Crippen LogP contribution in [0.5, 0.6) is 11.5 Å². The van der Waals surface area contributed by atoms with Crippen LogP contribution in [0.15, 0.2) is 157 Å². The molecule has 0 aromatic heterocycles. The van der Waals surface area contributed by atoms with E-state index in [1.807, 2.05) is 116 Å². The highest BCUT2D eigenvalue weighted by molar-refractivity contribution is 5.95. The van der Waals surface area contributed by atoms with Gasteiger partial charge in [0.05, 0.1) is 10.8 Å². The average Bonchev–Trinajstić information content (AvgIpc) is 4.13. The molecule has 4 nitrogen and oxygen atoms in total. The van der Waals surface area contributed by atoms with Crippen molar-refractivity contribution in [2.75, 3.05) is 6.79 Å². The largest absolute Gasteiger partial charge is 0.454 e. The van der Waals surface area contributed by atoms with Gasteiger partial charge in [0, 0.05) is 12.8 Å². The molecule has 0 saturated heterocycles. The van der Waals surface area contributed by atoms with Crippen LogP contribution in [0.2, 0.25) is 0 Å². The van der Waals surface area contributed by atoms with Crippen LogP contribution in [0, 0.1) is 0 Å². The summed E-state index contributed by atoms with van der Waals surface area (Å²) in [6, 6.07) is 37.1. The number of benzene rings is 4. The maximum Gasteiger partial charge on any atom is 0.231 e. The molecule has 4 aliphatic carbocycles. The van der Waals surface area contributed by atoms with Crippen molar-refractivity contribution in [3.63, 3.8) is 0 Å². The topological polar surface area (TPSA) is 52.6 Å². The van der Waals surface area contributed by atoms with Crippen molar-refractivity contribution in [2.24, 2.45) is 0 Å². The summed E-state index contributed by atoms with van der Waals surface area (Å²) in [6.07, 6.45) is 21.7. The lowest BCUT2D eigenvalue weighted by molar-refractivity contribution is -0.121. The predicted octanol–water partition coefficient (Wildman–Crippen LogP) is 15.5. The van der Waals surface area contributed by atoms with E-state index in [0.29, 0.717) is 24.4 Å². The molecule has 4 heteroatoms. The van der Waals surface area contributed by atoms with E-state index in [9.17, 15) is 9.59 Å². The van der Waals surface area contributed by atoms with E-state index < -0.39 is 0 Å². The fourth-order valence-electron chi connectivity index (χ4n) is 7.08. The first-order valence-corrected chi connectivity index (χ1v) is 23.2. The minimum Gasteiger partial charge on any atom is -0.454 e. The highest BCUT2D eigenvalue weighted by Gasteiger charge is 2.51. The standard InChI is InChI=1S/C17H16O3.C16H16O.2C8H10.4C2H6/c18-16(9-12-3-1-2-4-12)17(7-8-17)13-5-6-14-15(10-13)20-11-19-14;17-15(12-13-6-4-5-7-13)16(10-11-16)14-8-2-1-3-9-14;2*1-2-8-6-4-3-5-7-8;4*1-2/h1-3,5-6,10H,4,7-9,11H2;1-6,8-9H,7,10-12H2;2*3-7H,2H2,1H3;4*1-2H3. The first kappa shape index (κ1) is 51.9. The van der Waals surface area contributed by atoms with E-state index in [1.54, 1.807) is 0 Å². The molecule has 61 heavy (non-hydrogen) atoms. The molecule has 328 valence electrons. The quantitative estimate of drug-likeness (QED) is 0.160. The van der Waals surface area contributed by atoms with Gasteiger partial charge in [-0.15, -0.1) is 0 Å². The lowest BCUT2D eigenvalue weighted by Crippen LogP contribution is -2.20. The number of carbonyl (C=O) groups excluding carboxylic acids is 2. The van der Waals surface area contributed by atoms with Gasteiger partial charge in [0.1, 0.15) is 11.6 Å². The Hall–Kier alpha value is -5.22. The van der Waals surface area contributed by atoms with Crippen LogP contribution < -0.4 is 9.47 Å². The number of ether oxygens (including phenoxy) is 2. The predicted molar refractivity (Wildman–Crippen MR) is 261 cm³/mol. The Balaban J connectivity index is 0.000000282. The fourth-order valence-corrected chi connectivity index (χ4v) is 7.08. The molecule has 0 unspecified atom stereocenters. The normalized spacial score (nSPS) is 15.2. The number of hydrogen-bond donors (Lipinski definition) is 0. The Morgan fingerprint density at radius 2 is 0.885 bits per heavy atom. The van der Waals surface area contributed by atoms with E-state index in [1.165, 1.54) is 27.8 Å². The maximum absolute atomic E-state index is 12.6. The highest BCUT2D eigenvalue weighted by atomic mass is 16.7. The maximum atomic E-state index is 12.6. The number of Topliss-reactive ketones (excluding diaryl/α,β-unsaturated/α-hetero) is 2. The summed E-state index contributed by atoms with van der Waals surface area (Å²) in [5.74, 6) is 2.29. The molecule has 4 aromatic rings. The third-order valence-electron chi connectivity index (χ3n) is 10.8. The second kappa shape index (κ2) is 29.1. The number of fused-ring (bicyclic) bond motifs is 1. The Bertz CT molecular complexity index is 1900. The van der Waals surface area contributed by atoms with Gasteiger partial charge in [-0.3, -0.25) is 9.59 Å². The van der Waals surface area contributed by atoms with Crippen LogP contribution >= 0.6 is 0 Å². The summed E-state index contributed by atoms with van der Waals surface area (Å²) in [5.41, 5.74) is 7.17. The summed E-state index contributed by atoms with van der Waals surface area (Å²) < 4.78 is 10.8. The van der Waals surface area contributed by atoms with Crippen molar-refractivity contribution in [2.45, 2.75) is 144 Å². The number of hydrogen-bond acceptors (Lipinski definition) is 4. The zero-order valence-electron chi connectivity index (χ0n) is 39.3. The molecule has 1 aliphatic heterocycles. The molecular weight excluding hydrogens is 749 g/mol. The molecule has 0 bridgehead atoms. The van der Waals surface area contributed by atoms with Gasteiger partial charge in [-0.2, -0.15) is 0 Å². The molecule has 2 fully saturated rings. The number of allylic oxidation sites excluding steroid dienone is 8. The summed E-state index contributed by atoms with van der Waals surface area (Å²) in [7, 11) is 0. The first-order chi connectivity index (χ1) is 30.0. The highest BCUT2D eigenvalue weighted by Crippen LogP contribution is 2.52. The Morgan fingerprint density at radius 1 is 0.492 bits per heavy atom. The van der Waals surface area contributed by atoms with E-state index in [-0.39, 0.29) is 17.6 Å². The van der Waals surface area contributed by atoms with Crippen LogP contribution in [-0.4, -0.2) is 18.4 Å². The van der Waals surface area contributed by atoms with Gasteiger partial charge in [-0.05, 0) is 85.8 Å². The van der Waals surface area contributed by atoms with E-state index in [0.717, 1.165) is 68.4 Å². The molecule has 0 spiro atoms. The summed E-state index contributed by atoms with van der Waals surface area (Å²) in [4.78, 5) is 25.1. The minimum atomic E-state index is -0.273. The van der Waals surface area contributed by atoms with Gasteiger partial charge < -0.3 is 9.47 Å². The van der Waals surface area contributed by atoms with Crippen molar-refractivity contribution in [3.8, 4) is 11.5 Å². The van der Waals surface area contributed by atoms with Gasteiger partial charge in [0.25, 0.3) is 0 Å². The fraction of sp³-hybridized carbons (Fsp3) is 0.404. The molecule has 0 amide bonds. The molecule has 9 rings (SSSR count). The van der Waals surface area contributed by atoms with Gasteiger partial charge >= 0.3 is 0 Å². The van der Waals surface area contributed by atoms with Gasteiger partial charge in [0.2, 0.25) is 6.79 Å². The van der Waals surface area contributed by atoms with Gasteiger partial charge in [-0.1, -0.05) is 214 Å². The first-order valence-electron chi connectivity index (χ1n) is 23.2. The number of ketones is 2. The lowest BCUT2D eigenvalue weighted by Gasteiger charge is -2.15. The minimum absolute atomic E-state index is 0.148. The van der Waals surface area contributed by atoms with E-state index >= 15 is 0 Å². The molecule has 1 heterocycles. The van der Waals surface area contributed by atoms with Crippen LogP contribution in [0.4, 0.5) is 0 Å². The van der Waals surface area contributed by atoms with Crippen LogP contribution in [0.25, 0.3) is 0 Å². The molecule has 0 atom stereocenters. The van der Waals surface area contributed by atoms with Crippen molar-refractivity contribution in [3.05, 3.63) is 179 Å². The van der Waals surface area contributed by atoms with Crippen molar-refractivity contribution in [1.82, 2.24) is 0 Å². The Kier molecular flexibility index (Phi) is 24.8. The Labute approximate surface area is 370 Å². The molecule has 4 aromatic carbocycles. The van der Waals surface area contributed by atoms with E-state index in [2.05, 4.69) is 98.8 Å². The Morgan fingerprint density at radius 3 is 1.25 bits per heavy atom. The molecule has 5 aliphatic rings. The number of rotatable bonds is 10. The van der Waals surface area contributed by atoms with Crippen molar-refractivity contribution < 1.29 is 19.1 Å². The van der Waals surface area contributed by atoms with Crippen LogP contribution in [0.3, 0.4) is 0 Å². The smallest absolute Gasteiger partial charge is 0.231 e. The summed E-state index contributed by atoms with van der Waals surface area (Å²) >= 11 is 0. The molecule has 0 N–H and O–H groups in total. The molecular formula is C57H76O4. The third-order valence-corrected chi connectivity index (χ3v) is 10.8. The van der Waals surface area contributed by atoms with Crippen molar-refractivity contribution >= 4 is 11.6 Å². The third kappa shape index (κ3) is 16.0. The molecule has 0 radical (unpaired) electrons. The average molecular weight is 825 g/mol. The zero-order valence-corrected chi connectivity index (χ0v) is 39.3. The lowest BCUT2D eigenvalue weighted by atomic mass is 9.87. The molecule has 2 saturated carbocycles. The zero-order chi connectivity index (χ0) is 44.9. The van der Waals surface area contributed by atoms with Gasteiger partial charge in [-0.25, -0.2) is 0 Å². The van der Waals surface area contributed by atoms with Gasteiger partial charge in [0.15, 0.2) is 11.5 Å². The SMILES string of the molecule is CC.CC.CC.CC.CCc1ccccc1.CCc1ccccc1.O=C(CC1=CC=CC1)C1(c2ccc3c(c2)OCO3)CC1.O=C(CC1=CC=CC1)C1(c2ccccc2)CC1. The second-order valence-electron chi connectivity index (χ2n) is 14.4. The monoisotopic (exact) mass is 825 g/mol. The second-order valence-corrected chi connectivity index (χ2v) is 14.4. The summed E-state index contributed by atoms with van der Waals surface area (Å²) in [6.45, 7) is 20.6. The van der Waals surface area contributed by atoms with Crippen LogP contribution in [-0.2, 0) is 33.3 Å². The van der Waals surface area contributed by atoms with Crippen molar-refractivity contribution in [1.29, 1.82) is 0 Å². The number of carbonyl (C=O) groups is 2.